The molecule has 80 valence electrons. The molecule has 0 aromatic carbocycles. The van der Waals surface area contributed by atoms with Crippen LogP contribution in [0, 0.1) is 6.92 Å². The lowest BCUT2D eigenvalue weighted by molar-refractivity contribution is 0.740. The summed E-state index contributed by atoms with van der Waals surface area (Å²) in [7, 11) is 1.96. The fourth-order valence-corrected chi connectivity index (χ4v) is 2.74. The highest BCUT2D eigenvalue weighted by Gasteiger charge is 2.10. The molecule has 3 aromatic heterocycles. The highest BCUT2D eigenvalue weighted by molar-refractivity contribution is 7.17. The Morgan fingerprint density at radius 2 is 2.06 bits per heavy atom. The van der Waals surface area contributed by atoms with E-state index in [1.807, 2.05) is 30.3 Å². The van der Waals surface area contributed by atoms with Gasteiger partial charge in [-0.2, -0.15) is 5.10 Å². The molecule has 0 unspecified atom stereocenters. The third-order valence-corrected chi connectivity index (χ3v) is 3.85. The average Bonchev–Trinajstić information content (AvgIpc) is 2.87. The zero-order valence-corrected chi connectivity index (χ0v) is 9.95. The monoisotopic (exact) mass is 229 g/mol. The average molecular weight is 229 g/mol. The fraction of sp³-hybridized carbons (Fsp3) is 0.167. The number of rotatable bonds is 1. The van der Waals surface area contributed by atoms with Crippen molar-refractivity contribution < 1.29 is 0 Å². The molecule has 0 aliphatic rings. The van der Waals surface area contributed by atoms with Gasteiger partial charge in [-0.1, -0.05) is 0 Å². The van der Waals surface area contributed by atoms with Crippen LogP contribution < -0.4 is 0 Å². The molecular weight excluding hydrogens is 218 g/mol. The molecule has 0 radical (unpaired) electrons. The van der Waals surface area contributed by atoms with E-state index in [1.54, 1.807) is 11.3 Å². The van der Waals surface area contributed by atoms with Gasteiger partial charge in [-0.25, -0.2) is 0 Å². The van der Waals surface area contributed by atoms with Crippen molar-refractivity contribution in [2.45, 2.75) is 6.92 Å². The summed E-state index contributed by atoms with van der Waals surface area (Å²) in [4.78, 5) is 4.28. The van der Waals surface area contributed by atoms with Gasteiger partial charge in [0.15, 0.2) is 0 Å². The first kappa shape index (κ1) is 9.54. The van der Waals surface area contributed by atoms with Gasteiger partial charge in [0.2, 0.25) is 0 Å². The van der Waals surface area contributed by atoms with Gasteiger partial charge in [0.05, 0.1) is 6.20 Å². The second-order valence-electron chi connectivity index (χ2n) is 3.79. The van der Waals surface area contributed by atoms with Crippen LogP contribution in [-0.4, -0.2) is 14.8 Å². The van der Waals surface area contributed by atoms with Gasteiger partial charge in [0.25, 0.3) is 0 Å². The van der Waals surface area contributed by atoms with Crippen LogP contribution in [-0.2, 0) is 7.05 Å². The molecule has 0 saturated heterocycles. The van der Waals surface area contributed by atoms with Crippen LogP contribution in [0.15, 0.2) is 30.0 Å². The smallest absolute Gasteiger partial charge is 0.0572 e. The molecule has 0 aliphatic carbocycles. The van der Waals surface area contributed by atoms with E-state index in [0.717, 1.165) is 0 Å². The van der Waals surface area contributed by atoms with E-state index in [1.165, 1.54) is 26.9 Å². The predicted molar refractivity (Wildman–Crippen MR) is 66.6 cm³/mol. The standard InChI is InChI=1S/C12H11N3S/c1-8-10(7-14-15(8)2)11-6-13-5-9-3-4-16-12(9)11/h3-7H,1-2H3. The quantitative estimate of drug-likeness (QED) is 0.642. The van der Waals surface area contributed by atoms with Crippen LogP contribution in [0.5, 0.6) is 0 Å². The minimum Gasteiger partial charge on any atom is -0.272 e. The maximum atomic E-state index is 4.28. The van der Waals surface area contributed by atoms with Crippen molar-refractivity contribution in [2.75, 3.05) is 0 Å². The Hall–Kier alpha value is -1.68. The van der Waals surface area contributed by atoms with Crippen LogP contribution in [0.4, 0.5) is 0 Å². The summed E-state index contributed by atoms with van der Waals surface area (Å²) in [6.45, 7) is 2.08. The molecule has 0 bridgehead atoms. The van der Waals surface area contributed by atoms with Gasteiger partial charge in [0.1, 0.15) is 0 Å². The lowest BCUT2D eigenvalue weighted by Crippen LogP contribution is -1.92. The van der Waals surface area contributed by atoms with E-state index in [4.69, 9.17) is 0 Å². The Labute approximate surface area is 97.4 Å². The molecule has 0 saturated carbocycles. The van der Waals surface area contributed by atoms with E-state index in [0.29, 0.717) is 0 Å². The van der Waals surface area contributed by atoms with E-state index >= 15 is 0 Å². The van der Waals surface area contributed by atoms with Gasteiger partial charge in [-0.05, 0) is 18.4 Å². The SMILES string of the molecule is Cc1c(-c2cncc3ccsc23)cnn1C. The third kappa shape index (κ3) is 1.27. The Morgan fingerprint density at radius 3 is 2.81 bits per heavy atom. The van der Waals surface area contributed by atoms with Crippen LogP contribution in [0.25, 0.3) is 21.2 Å². The summed E-state index contributed by atoms with van der Waals surface area (Å²) in [5, 5.41) is 7.58. The lowest BCUT2D eigenvalue weighted by Gasteiger charge is -2.01. The van der Waals surface area contributed by atoms with Crippen molar-refractivity contribution in [3.63, 3.8) is 0 Å². The van der Waals surface area contributed by atoms with Crippen LogP contribution in [0.3, 0.4) is 0 Å². The number of thiophene rings is 1. The van der Waals surface area contributed by atoms with E-state index in [9.17, 15) is 0 Å². The molecule has 16 heavy (non-hydrogen) atoms. The van der Waals surface area contributed by atoms with Crippen molar-refractivity contribution in [3.05, 3.63) is 35.7 Å². The number of aromatic nitrogens is 3. The number of hydrogen-bond acceptors (Lipinski definition) is 3. The minimum absolute atomic E-state index is 1.17. The molecule has 3 rings (SSSR count). The summed E-state index contributed by atoms with van der Waals surface area (Å²) in [5.41, 5.74) is 3.52. The number of hydrogen-bond donors (Lipinski definition) is 0. The Balaban J connectivity index is 2.33. The predicted octanol–water partition coefficient (Wildman–Crippen LogP) is 3.01. The number of fused-ring (bicyclic) bond motifs is 1. The maximum Gasteiger partial charge on any atom is 0.0572 e. The first-order valence-electron chi connectivity index (χ1n) is 5.07. The molecule has 0 N–H and O–H groups in total. The Kier molecular flexibility index (Phi) is 2.04. The highest BCUT2D eigenvalue weighted by Crippen LogP contribution is 2.32. The van der Waals surface area contributed by atoms with Crippen molar-refractivity contribution in [2.24, 2.45) is 7.05 Å². The largest absolute Gasteiger partial charge is 0.272 e. The molecule has 3 aromatic rings. The topological polar surface area (TPSA) is 30.7 Å². The van der Waals surface area contributed by atoms with Gasteiger partial charge in [-0.3, -0.25) is 9.67 Å². The van der Waals surface area contributed by atoms with Crippen molar-refractivity contribution in [1.82, 2.24) is 14.8 Å². The molecule has 0 aliphatic heterocycles. The molecule has 3 nitrogen and oxygen atoms in total. The second kappa shape index (κ2) is 3.42. The molecule has 0 fully saturated rings. The Morgan fingerprint density at radius 1 is 1.19 bits per heavy atom. The molecule has 0 atom stereocenters. The Bertz CT molecular complexity index is 651. The summed E-state index contributed by atoms with van der Waals surface area (Å²) in [6.07, 6.45) is 5.73. The molecule has 0 amide bonds. The zero-order valence-electron chi connectivity index (χ0n) is 9.14. The summed E-state index contributed by atoms with van der Waals surface area (Å²) >= 11 is 1.75. The van der Waals surface area contributed by atoms with E-state index < -0.39 is 0 Å². The lowest BCUT2D eigenvalue weighted by atomic mass is 10.1. The van der Waals surface area contributed by atoms with Gasteiger partial charge >= 0.3 is 0 Å². The molecule has 4 heteroatoms. The molecule has 3 heterocycles. The third-order valence-electron chi connectivity index (χ3n) is 2.88. The molecule has 0 spiro atoms. The summed E-state index contributed by atoms with van der Waals surface area (Å²) in [6, 6.07) is 2.10. The number of nitrogens with zero attached hydrogens (tertiary/aromatic N) is 3. The van der Waals surface area contributed by atoms with Crippen molar-refractivity contribution in [3.8, 4) is 11.1 Å². The minimum atomic E-state index is 1.17. The van der Waals surface area contributed by atoms with Gasteiger partial charge in [-0.15, -0.1) is 11.3 Å². The normalized spacial score (nSPS) is 11.1. The summed E-state index contributed by atoms with van der Waals surface area (Å²) in [5.74, 6) is 0. The number of aryl methyl sites for hydroxylation is 1. The number of pyridine rings is 1. The van der Waals surface area contributed by atoms with E-state index in [2.05, 4.69) is 28.5 Å². The van der Waals surface area contributed by atoms with Crippen LogP contribution in [0.1, 0.15) is 5.69 Å². The zero-order chi connectivity index (χ0) is 11.1. The first-order valence-corrected chi connectivity index (χ1v) is 5.95. The first-order chi connectivity index (χ1) is 7.77. The second-order valence-corrected chi connectivity index (χ2v) is 4.71. The van der Waals surface area contributed by atoms with Gasteiger partial charge < -0.3 is 0 Å². The maximum absolute atomic E-state index is 4.28. The summed E-state index contributed by atoms with van der Waals surface area (Å²) < 4.78 is 3.17. The van der Waals surface area contributed by atoms with Crippen molar-refractivity contribution in [1.29, 1.82) is 0 Å². The molecular formula is C12H11N3S. The van der Waals surface area contributed by atoms with Crippen molar-refractivity contribution >= 4 is 21.4 Å². The highest BCUT2D eigenvalue weighted by atomic mass is 32.1. The van der Waals surface area contributed by atoms with E-state index in [-0.39, 0.29) is 0 Å². The van der Waals surface area contributed by atoms with Gasteiger partial charge in [0, 0.05) is 46.3 Å². The van der Waals surface area contributed by atoms with Crippen LogP contribution in [0.2, 0.25) is 0 Å². The fourth-order valence-electron chi connectivity index (χ4n) is 1.85. The van der Waals surface area contributed by atoms with Crippen LogP contribution >= 0.6 is 11.3 Å².